The van der Waals surface area contributed by atoms with Crippen molar-refractivity contribution >= 4 is 46.4 Å². The van der Waals surface area contributed by atoms with Gasteiger partial charge in [0, 0.05) is 22.1 Å². The molecule has 5 heterocycles. The fraction of sp³-hybridized carbons (Fsp3) is 0. The van der Waals surface area contributed by atoms with Crippen LogP contribution in [0.3, 0.4) is 0 Å². The molecule has 5 rings (SSSR count). The fourth-order valence-electron chi connectivity index (χ4n) is 2.94. The summed E-state index contributed by atoms with van der Waals surface area (Å²) in [5, 5.41) is 0. The summed E-state index contributed by atoms with van der Waals surface area (Å²) in [6.45, 7) is 0. The molecular weight excluding hydrogens is 374 g/mol. The fourth-order valence-corrected chi connectivity index (χ4v) is 2.94. The molecule has 0 spiro atoms. The van der Waals surface area contributed by atoms with Gasteiger partial charge in [-0.3, -0.25) is 0 Å². The van der Waals surface area contributed by atoms with E-state index in [1.54, 1.807) is 0 Å². The average Bonchev–Trinajstić information content (AvgIpc) is 3.32. The van der Waals surface area contributed by atoms with Gasteiger partial charge < -0.3 is 12.8 Å². The molecule has 2 N–H and O–H groups in total. The van der Waals surface area contributed by atoms with E-state index in [0.29, 0.717) is 0 Å². The van der Waals surface area contributed by atoms with Crippen LogP contribution in [0.5, 0.6) is 0 Å². The average molecular weight is 391 g/mol. The van der Waals surface area contributed by atoms with E-state index < -0.39 is 0 Å². The molecule has 2 aliphatic heterocycles. The van der Waals surface area contributed by atoms with Crippen molar-refractivity contribution in [3.05, 3.63) is 71.3 Å². The summed E-state index contributed by atoms with van der Waals surface area (Å²) < 4.78 is 0. The molecule has 118 valence electrons. The van der Waals surface area contributed by atoms with Gasteiger partial charge >= 0.3 is 103 Å². The summed E-state index contributed by atoms with van der Waals surface area (Å²) >= 11 is 0. The Morgan fingerprint density at radius 1 is 0.500 bits per heavy atom. The quantitative estimate of drug-likeness (QED) is 0.330. The monoisotopic (exact) mass is 390 g/mol. The number of nitrogens with zero attached hydrogens (tertiary/aromatic N) is 2. The van der Waals surface area contributed by atoms with Crippen molar-refractivity contribution in [1.29, 1.82) is 0 Å². The summed E-state index contributed by atoms with van der Waals surface area (Å²) in [4.78, 5) is 16.0. The van der Waals surface area contributed by atoms with Crippen molar-refractivity contribution in [2.75, 3.05) is 0 Å². The molecule has 3 aromatic heterocycles. The molecule has 0 amide bonds. The van der Waals surface area contributed by atoms with Gasteiger partial charge in [-0.1, -0.05) is 0 Å². The van der Waals surface area contributed by atoms with Crippen molar-refractivity contribution in [1.82, 2.24) is 19.9 Å². The van der Waals surface area contributed by atoms with Crippen LogP contribution in [0.2, 0.25) is 0 Å². The molecule has 3 aromatic rings. The first-order chi connectivity index (χ1) is 11.8. The van der Waals surface area contributed by atoms with E-state index in [9.17, 15) is 0 Å². The van der Waals surface area contributed by atoms with Crippen molar-refractivity contribution in [2.24, 2.45) is 0 Å². The number of rotatable bonds is 0. The van der Waals surface area contributed by atoms with Gasteiger partial charge in [-0.25, -0.2) is 9.97 Å². The van der Waals surface area contributed by atoms with E-state index in [1.165, 1.54) is 0 Å². The topological polar surface area (TPSA) is 57.4 Å². The molecule has 2 aliphatic rings. The number of aromatic nitrogens is 4. The van der Waals surface area contributed by atoms with Gasteiger partial charge in [-0.2, -0.15) is 0 Å². The Kier molecular flexibility index (Phi) is 7.07. The van der Waals surface area contributed by atoms with Crippen LogP contribution in [0.4, 0.5) is 0 Å². The maximum atomic E-state index is 4.62. The van der Waals surface area contributed by atoms with Gasteiger partial charge in [0.1, 0.15) is 0 Å². The summed E-state index contributed by atoms with van der Waals surface area (Å²) in [6.07, 6.45) is 8.05. The Morgan fingerprint density at radius 2 is 0.846 bits per heavy atom. The van der Waals surface area contributed by atoms with Gasteiger partial charge in [-0.05, 0) is 72.8 Å². The molecule has 0 aromatic carbocycles. The smallest absolute Gasteiger partial charge is 1.00 e. The van der Waals surface area contributed by atoms with Crippen LogP contribution in [0, 0.1) is 0 Å². The first-order valence-electron chi connectivity index (χ1n) is 7.85. The molecule has 0 saturated carbocycles. The van der Waals surface area contributed by atoms with Crippen LogP contribution in [0.1, 0.15) is 25.6 Å². The second kappa shape index (κ2) is 8.92. The van der Waals surface area contributed by atoms with Crippen LogP contribution in [-0.4, -0.2) is 19.9 Å². The second-order valence-corrected chi connectivity index (χ2v) is 5.91. The standard InChI is InChI=1S/C20H14N4.2K.2H/c1-2-14-10-16-5-6-18(23-16)12-20-8-7-19(24-20)11-17-4-3-15(22-17)9-13(1)21-14;;;;/h1-12,21-22H;;;;/q;2*+1;2*-1. The first-order valence-corrected chi connectivity index (χ1v) is 7.85. The van der Waals surface area contributed by atoms with Crippen LogP contribution >= 0.6 is 0 Å². The number of hydrogen-bond donors (Lipinski definition) is 2. The summed E-state index contributed by atoms with van der Waals surface area (Å²) in [5.74, 6) is 0. The van der Waals surface area contributed by atoms with Crippen LogP contribution in [-0.2, 0) is 0 Å². The normalized spacial score (nSPS) is 11.7. The van der Waals surface area contributed by atoms with E-state index in [2.05, 4.69) is 50.3 Å². The zero-order valence-corrected chi connectivity index (χ0v) is 21.1. The molecule has 0 atom stereocenters. The van der Waals surface area contributed by atoms with E-state index in [1.807, 2.05) is 42.5 Å². The van der Waals surface area contributed by atoms with Gasteiger partial charge in [0.25, 0.3) is 0 Å². The minimum absolute atomic E-state index is 0. The number of aromatic amines is 2. The SMILES string of the molecule is C1=Cc2cc3ccc(cc4ccc(cc5nc(cc1n2)C=C5)[nH]4)[nH]3.[H-].[H-].[K+].[K+]. The van der Waals surface area contributed by atoms with Crippen molar-refractivity contribution in [2.45, 2.75) is 0 Å². The molecule has 26 heavy (non-hydrogen) atoms. The summed E-state index contributed by atoms with van der Waals surface area (Å²) in [5.41, 5.74) is 7.86. The molecule has 0 fully saturated rings. The molecular formula is C20H16K2N4. The Balaban J connectivity index is 0.000000980. The third-order valence-electron chi connectivity index (χ3n) is 4.04. The minimum Gasteiger partial charge on any atom is -1.00 e. The van der Waals surface area contributed by atoms with Crippen molar-refractivity contribution in [3.63, 3.8) is 0 Å². The van der Waals surface area contributed by atoms with Crippen molar-refractivity contribution in [3.8, 4) is 0 Å². The maximum absolute atomic E-state index is 4.62. The van der Waals surface area contributed by atoms with Crippen LogP contribution in [0.25, 0.3) is 46.4 Å². The number of nitrogens with one attached hydrogen (secondary N) is 2. The molecule has 0 aliphatic carbocycles. The number of hydrogen-bond acceptors (Lipinski definition) is 2. The largest absolute Gasteiger partial charge is 1.00 e. The van der Waals surface area contributed by atoms with E-state index in [4.69, 9.17) is 0 Å². The van der Waals surface area contributed by atoms with Gasteiger partial charge in [0.05, 0.1) is 22.8 Å². The summed E-state index contributed by atoms with van der Waals surface area (Å²) in [6, 6.07) is 16.4. The molecule has 0 saturated heterocycles. The Bertz CT molecular complexity index is 1090. The Hall–Kier alpha value is -0.127. The maximum Gasteiger partial charge on any atom is 1.00 e. The Morgan fingerprint density at radius 3 is 1.27 bits per heavy atom. The second-order valence-electron chi connectivity index (χ2n) is 5.91. The first kappa shape index (κ1) is 20.6. The van der Waals surface area contributed by atoms with E-state index in [-0.39, 0.29) is 106 Å². The van der Waals surface area contributed by atoms with E-state index in [0.717, 1.165) is 44.8 Å². The van der Waals surface area contributed by atoms with Gasteiger partial charge in [0.2, 0.25) is 0 Å². The molecule has 0 unspecified atom stereocenters. The predicted octanol–water partition coefficient (Wildman–Crippen LogP) is -1.11. The third kappa shape index (κ3) is 4.64. The molecule has 6 heteroatoms. The summed E-state index contributed by atoms with van der Waals surface area (Å²) in [7, 11) is 0. The van der Waals surface area contributed by atoms with Crippen molar-refractivity contribution < 1.29 is 106 Å². The van der Waals surface area contributed by atoms with Gasteiger partial charge in [-0.15, -0.1) is 0 Å². The van der Waals surface area contributed by atoms with Gasteiger partial charge in [0.15, 0.2) is 0 Å². The molecule has 8 bridgehead atoms. The Labute approximate surface area is 239 Å². The zero-order valence-electron chi connectivity index (χ0n) is 16.8. The third-order valence-corrected chi connectivity index (χ3v) is 4.04. The van der Waals surface area contributed by atoms with Crippen LogP contribution < -0.4 is 103 Å². The predicted molar refractivity (Wildman–Crippen MR) is 101 cm³/mol. The zero-order chi connectivity index (χ0) is 15.9. The minimum atomic E-state index is 0. The molecule has 4 nitrogen and oxygen atoms in total. The van der Waals surface area contributed by atoms with E-state index >= 15 is 0 Å². The number of H-pyrrole nitrogens is 2. The van der Waals surface area contributed by atoms with Crippen LogP contribution in [0.15, 0.2) is 48.5 Å². The molecule has 0 radical (unpaired) electrons. The number of fused-ring (bicyclic) bond motifs is 8.